The fourth-order valence-corrected chi connectivity index (χ4v) is 4.47. The summed E-state index contributed by atoms with van der Waals surface area (Å²) >= 11 is 0. The summed E-state index contributed by atoms with van der Waals surface area (Å²) in [6, 6.07) is 4.30. The molecule has 1 aliphatic rings. The van der Waals surface area contributed by atoms with Crippen molar-refractivity contribution in [2.75, 3.05) is 19.0 Å². The summed E-state index contributed by atoms with van der Waals surface area (Å²) in [6.07, 6.45) is 10.5. The summed E-state index contributed by atoms with van der Waals surface area (Å²) in [5.74, 6) is 1.13. The van der Waals surface area contributed by atoms with Crippen LogP contribution >= 0.6 is 0 Å². The van der Waals surface area contributed by atoms with Crippen molar-refractivity contribution in [1.82, 2.24) is 29.5 Å². The molecule has 1 fully saturated rings. The number of hydrogen-bond acceptors (Lipinski definition) is 7. The second-order valence-corrected chi connectivity index (χ2v) is 8.68. The van der Waals surface area contributed by atoms with E-state index in [0.29, 0.717) is 17.9 Å². The fraction of sp³-hybridized carbons (Fsp3) is 0.478. The maximum Gasteiger partial charge on any atom is 0.228 e. The number of aromatic amines is 1. The third-order valence-corrected chi connectivity index (χ3v) is 6.31. The van der Waals surface area contributed by atoms with Crippen LogP contribution in [0.2, 0.25) is 0 Å². The Bertz CT molecular complexity index is 1220. The maximum atomic E-state index is 6.08. The molecule has 0 aliphatic heterocycles. The van der Waals surface area contributed by atoms with Crippen LogP contribution in [0, 0.1) is 0 Å². The van der Waals surface area contributed by atoms with E-state index in [2.05, 4.69) is 39.2 Å². The molecule has 1 saturated carbocycles. The van der Waals surface area contributed by atoms with Crippen LogP contribution in [0.5, 0.6) is 5.88 Å². The van der Waals surface area contributed by atoms with Crippen LogP contribution < -0.4 is 10.1 Å². The molecular weight excluding hydrogens is 406 g/mol. The van der Waals surface area contributed by atoms with Gasteiger partial charge in [-0.05, 0) is 56.7 Å². The molecule has 32 heavy (non-hydrogen) atoms. The molecule has 0 saturated heterocycles. The summed E-state index contributed by atoms with van der Waals surface area (Å²) < 4.78 is 13.5. The Hall–Kier alpha value is -3.20. The second-order valence-electron chi connectivity index (χ2n) is 8.68. The highest BCUT2D eigenvalue weighted by Crippen LogP contribution is 2.36. The lowest BCUT2D eigenvalue weighted by molar-refractivity contribution is -0.0574. The predicted molar refractivity (Wildman–Crippen MR) is 123 cm³/mol. The fourth-order valence-electron chi connectivity index (χ4n) is 4.47. The van der Waals surface area contributed by atoms with Crippen molar-refractivity contribution in [1.29, 1.82) is 0 Å². The number of H-pyrrole nitrogens is 1. The first-order valence-corrected chi connectivity index (χ1v) is 11.2. The highest BCUT2D eigenvalue weighted by atomic mass is 16.5. The molecular formula is C23H29N7O2. The third kappa shape index (κ3) is 3.88. The molecule has 0 atom stereocenters. The number of nitrogens with one attached hydrogen (secondary N) is 2. The van der Waals surface area contributed by atoms with E-state index in [1.54, 1.807) is 18.0 Å². The van der Waals surface area contributed by atoms with Gasteiger partial charge in [0.05, 0.1) is 18.1 Å². The number of anilines is 1. The van der Waals surface area contributed by atoms with Crippen molar-refractivity contribution in [3.05, 3.63) is 30.9 Å². The van der Waals surface area contributed by atoms with Crippen molar-refractivity contribution in [3.63, 3.8) is 0 Å². The first kappa shape index (κ1) is 20.7. The lowest BCUT2D eigenvalue weighted by Gasteiger charge is -2.37. The smallest absolute Gasteiger partial charge is 0.228 e. The van der Waals surface area contributed by atoms with Crippen molar-refractivity contribution in [3.8, 4) is 17.0 Å². The van der Waals surface area contributed by atoms with Gasteiger partial charge in [0.25, 0.3) is 0 Å². The SMILES string of the molecule is CCCOC1(C)CCC(Nc2nc(OC)c3c(-c4ccn5ncnc5c4)c[nH]c3n2)CC1. The first-order valence-electron chi connectivity index (χ1n) is 11.2. The summed E-state index contributed by atoms with van der Waals surface area (Å²) in [6.45, 7) is 5.20. The van der Waals surface area contributed by atoms with E-state index >= 15 is 0 Å². The minimum absolute atomic E-state index is 0.0173. The van der Waals surface area contributed by atoms with Gasteiger partial charge in [-0.25, -0.2) is 9.50 Å². The highest BCUT2D eigenvalue weighted by molar-refractivity contribution is 5.98. The van der Waals surface area contributed by atoms with Gasteiger partial charge in [0.15, 0.2) is 5.65 Å². The molecule has 9 nitrogen and oxygen atoms in total. The predicted octanol–water partition coefficient (Wildman–Crippen LogP) is 4.22. The Kier molecular flexibility index (Phi) is 5.42. The Labute approximate surface area is 186 Å². The lowest BCUT2D eigenvalue weighted by atomic mass is 9.83. The first-order chi connectivity index (χ1) is 15.6. The van der Waals surface area contributed by atoms with Gasteiger partial charge in [-0.15, -0.1) is 0 Å². The Balaban J connectivity index is 1.38. The van der Waals surface area contributed by atoms with Gasteiger partial charge in [0, 0.05) is 30.6 Å². The average molecular weight is 436 g/mol. The molecule has 0 unspecified atom stereocenters. The average Bonchev–Trinajstić information content (AvgIpc) is 3.45. The van der Waals surface area contributed by atoms with Gasteiger partial charge in [0.1, 0.15) is 12.0 Å². The molecule has 4 aromatic rings. The van der Waals surface area contributed by atoms with Crippen LogP contribution in [0.4, 0.5) is 5.95 Å². The summed E-state index contributed by atoms with van der Waals surface area (Å²) in [4.78, 5) is 17.0. The standard InChI is InChI=1S/C23H29N7O2/c1-4-11-32-23(2)8-5-16(6-9-23)27-22-28-20-19(21(29-22)31-3)17(13-24-20)15-7-10-30-18(12-15)25-14-26-30/h7,10,12-14,16H,4-6,8-9,11H2,1-3H3,(H2,24,27,28,29). The van der Waals surface area contributed by atoms with E-state index in [1.165, 1.54) is 0 Å². The van der Waals surface area contributed by atoms with E-state index in [0.717, 1.165) is 66.5 Å². The number of hydrogen-bond donors (Lipinski definition) is 2. The zero-order chi connectivity index (χ0) is 22.1. The largest absolute Gasteiger partial charge is 0.480 e. The van der Waals surface area contributed by atoms with Crippen molar-refractivity contribution in [2.24, 2.45) is 0 Å². The number of nitrogens with zero attached hydrogens (tertiary/aromatic N) is 5. The maximum absolute atomic E-state index is 6.08. The van der Waals surface area contributed by atoms with E-state index < -0.39 is 0 Å². The Morgan fingerprint density at radius 3 is 2.91 bits per heavy atom. The Morgan fingerprint density at radius 2 is 2.12 bits per heavy atom. The van der Waals surface area contributed by atoms with E-state index in [9.17, 15) is 0 Å². The number of ether oxygens (including phenoxy) is 2. The Morgan fingerprint density at radius 1 is 1.28 bits per heavy atom. The van der Waals surface area contributed by atoms with Crippen LogP contribution in [0.15, 0.2) is 30.9 Å². The molecule has 4 aromatic heterocycles. The van der Waals surface area contributed by atoms with Crippen LogP contribution in [0.3, 0.4) is 0 Å². The number of methoxy groups -OCH3 is 1. The third-order valence-electron chi connectivity index (χ3n) is 6.31. The van der Waals surface area contributed by atoms with Gasteiger partial charge in [-0.3, -0.25) is 0 Å². The molecule has 0 bridgehead atoms. The number of aromatic nitrogens is 6. The van der Waals surface area contributed by atoms with Gasteiger partial charge in [-0.1, -0.05) is 6.92 Å². The van der Waals surface area contributed by atoms with E-state index in [4.69, 9.17) is 14.5 Å². The quantitative estimate of drug-likeness (QED) is 0.448. The topological polar surface area (TPSA) is 102 Å². The summed E-state index contributed by atoms with van der Waals surface area (Å²) in [7, 11) is 1.64. The minimum atomic E-state index is -0.0173. The molecule has 0 spiro atoms. The molecule has 0 radical (unpaired) electrons. The lowest BCUT2D eigenvalue weighted by Crippen LogP contribution is -2.38. The van der Waals surface area contributed by atoms with Crippen LogP contribution in [-0.2, 0) is 4.74 Å². The van der Waals surface area contributed by atoms with Gasteiger partial charge < -0.3 is 19.8 Å². The van der Waals surface area contributed by atoms with Crippen LogP contribution in [-0.4, -0.2) is 54.9 Å². The molecule has 0 amide bonds. The molecule has 5 rings (SSSR count). The van der Waals surface area contributed by atoms with E-state index in [1.807, 2.05) is 24.5 Å². The van der Waals surface area contributed by atoms with Crippen molar-refractivity contribution >= 4 is 22.6 Å². The monoisotopic (exact) mass is 435 g/mol. The van der Waals surface area contributed by atoms with Gasteiger partial charge >= 0.3 is 0 Å². The van der Waals surface area contributed by atoms with Gasteiger partial charge in [0.2, 0.25) is 11.8 Å². The molecule has 1 aliphatic carbocycles. The normalized spacial score (nSPS) is 21.3. The van der Waals surface area contributed by atoms with Crippen LogP contribution in [0.1, 0.15) is 46.0 Å². The van der Waals surface area contributed by atoms with Crippen molar-refractivity contribution < 1.29 is 9.47 Å². The number of fused-ring (bicyclic) bond motifs is 2. The van der Waals surface area contributed by atoms with Crippen LogP contribution in [0.25, 0.3) is 27.8 Å². The van der Waals surface area contributed by atoms with Crippen molar-refractivity contribution in [2.45, 2.75) is 57.6 Å². The number of rotatable bonds is 7. The molecule has 168 valence electrons. The second kappa shape index (κ2) is 8.38. The zero-order valence-corrected chi connectivity index (χ0v) is 18.8. The summed E-state index contributed by atoms with van der Waals surface area (Å²) in [5, 5.41) is 8.52. The molecule has 2 N–H and O–H groups in total. The summed E-state index contributed by atoms with van der Waals surface area (Å²) in [5.41, 5.74) is 3.47. The molecule has 0 aromatic carbocycles. The highest BCUT2D eigenvalue weighted by Gasteiger charge is 2.32. The van der Waals surface area contributed by atoms with Gasteiger partial charge in [-0.2, -0.15) is 15.1 Å². The number of pyridine rings is 1. The molecule has 4 heterocycles. The zero-order valence-electron chi connectivity index (χ0n) is 18.8. The minimum Gasteiger partial charge on any atom is -0.480 e. The molecule has 9 heteroatoms. The van der Waals surface area contributed by atoms with E-state index in [-0.39, 0.29) is 5.60 Å².